The van der Waals surface area contributed by atoms with Crippen LogP contribution in [0.2, 0.25) is 0 Å². The molecule has 2 rings (SSSR count). The summed E-state index contributed by atoms with van der Waals surface area (Å²) in [6.45, 7) is 2.75. The third-order valence-corrected chi connectivity index (χ3v) is 3.60. The van der Waals surface area contributed by atoms with Crippen molar-refractivity contribution in [1.82, 2.24) is 5.32 Å². The molecule has 1 saturated heterocycles. The summed E-state index contributed by atoms with van der Waals surface area (Å²) < 4.78 is 5.34. The molecule has 0 unspecified atom stereocenters. The van der Waals surface area contributed by atoms with Crippen molar-refractivity contribution in [2.24, 2.45) is 0 Å². The number of nitrogens with one attached hydrogen (secondary N) is 1. The Morgan fingerprint density at radius 2 is 2.62 bits per heavy atom. The molecular weight excluding hydrogens is 222 g/mol. The number of amides is 1. The van der Waals surface area contributed by atoms with Gasteiger partial charge in [-0.05, 0) is 31.2 Å². The van der Waals surface area contributed by atoms with Crippen molar-refractivity contribution in [2.75, 3.05) is 6.61 Å². The predicted octanol–water partition coefficient (Wildman–Crippen LogP) is 1.97. The van der Waals surface area contributed by atoms with Gasteiger partial charge in [0, 0.05) is 23.9 Å². The van der Waals surface area contributed by atoms with Crippen molar-refractivity contribution in [3.63, 3.8) is 0 Å². The number of hydrogen-bond acceptors (Lipinski definition) is 3. The van der Waals surface area contributed by atoms with E-state index in [9.17, 15) is 4.79 Å². The van der Waals surface area contributed by atoms with Crippen molar-refractivity contribution in [1.29, 1.82) is 0 Å². The Labute approximate surface area is 99.8 Å². The highest BCUT2D eigenvalue weighted by Gasteiger charge is 2.24. The third-order valence-electron chi connectivity index (χ3n) is 2.70. The van der Waals surface area contributed by atoms with Crippen LogP contribution in [0.4, 0.5) is 0 Å². The number of carbonyl (C=O) groups is 1. The molecule has 1 aromatic heterocycles. The first-order valence-corrected chi connectivity index (χ1v) is 6.58. The van der Waals surface area contributed by atoms with Crippen LogP contribution in [0.1, 0.15) is 24.6 Å². The molecule has 2 atom stereocenters. The number of rotatable bonds is 4. The Morgan fingerprint density at radius 1 is 1.75 bits per heavy atom. The van der Waals surface area contributed by atoms with E-state index in [1.807, 2.05) is 13.0 Å². The van der Waals surface area contributed by atoms with Crippen molar-refractivity contribution >= 4 is 17.2 Å². The van der Waals surface area contributed by atoms with Gasteiger partial charge in [0.1, 0.15) is 6.10 Å². The first-order chi connectivity index (χ1) is 7.75. The van der Waals surface area contributed by atoms with Crippen LogP contribution in [0.3, 0.4) is 0 Å². The Morgan fingerprint density at radius 3 is 3.25 bits per heavy atom. The number of carbonyl (C=O) groups excluding carboxylic acids is 1. The molecule has 0 aromatic carbocycles. The van der Waals surface area contributed by atoms with Crippen LogP contribution < -0.4 is 5.32 Å². The maximum absolute atomic E-state index is 11.8. The third kappa shape index (κ3) is 3.06. The fourth-order valence-corrected chi connectivity index (χ4v) is 2.74. The highest BCUT2D eigenvalue weighted by atomic mass is 32.1. The van der Waals surface area contributed by atoms with Crippen LogP contribution >= 0.6 is 11.3 Å². The summed E-state index contributed by atoms with van der Waals surface area (Å²) in [5.41, 5.74) is 0. The van der Waals surface area contributed by atoms with Gasteiger partial charge in [0.25, 0.3) is 0 Å². The van der Waals surface area contributed by atoms with E-state index in [1.165, 1.54) is 4.88 Å². The van der Waals surface area contributed by atoms with Crippen LogP contribution in [-0.2, 0) is 16.0 Å². The van der Waals surface area contributed by atoms with E-state index >= 15 is 0 Å². The highest BCUT2D eigenvalue weighted by molar-refractivity contribution is 7.09. The van der Waals surface area contributed by atoms with Crippen molar-refractivity contribution < 1.29 is 9.53 Å². The Kier molecular flexibility index (Phi) is 3.96. The average molecular weight is 239 g/mol. The minimum Gasteiger partial charge on any atom is -0.368 e. The fraction of sp³-hybridized carbons (Fsp3) is 0.583. The minimum absolute atomic E-state index is 0.0431. The van der Waals surface area contributed by atoms with Gasteiger partial charge in [0.05, 0.1) is 0 Å². The monoisotopic (exact) mass is 239 g/mol. The summed E-state index contributed by atoms with van der Waals surface area (Å²) in [5.74, 6) is 0.0431. The molecule has 1 aliphatic heterocycles. The quantitative estimate of drug-likeness (QED) is 0.872. The Hall–Kier alpha value is -0.870. The molecular formula is C12H17NO2S. The number of hydrogen-bond donors (Lipinski definition) is 1. The topological polar surface area (TPSA) is 38.3 Å². The van der Waals surface area contributed by atoms with Gasteiger partial charge in [-0.3, -0.25) is 4.79 Å². The van der Waals surface area contributed by atoms with Crippen LogP contribution in [0.25, 0.3) is 0 Å². The van der Waals surface area contributed by atoms with Crippen molar-refractivity contribution in [3.8, 4) is 0 Å². The molecule has 0 saturated carbocycles. The molecule has 0 bridgehead atoms. The molecule has 2 heterocycles. The maximum Gasteiger partial charge on any atom is 0.249 e. The van der Waals surface area contributed by atoms with Gasteiger partial charge in [0.2, 0.25) is 5.91 Å². The second-order valence-electron chi connectivity index (χ2n) is 4.19. The lowest BCUT2D eigenvalue weighted by molar-refractivity contribution is -0.130. The molecule has 0 aliphatic carbocycles. The molecule has 0 spiro atoms. The molecule has 16 heavy (non-hydrogen) atoms. The standard InChI is InChI=1S/C12H17NO2S/c1-9(8-10-4-3-7-16-10)13-12(14)11-5-2-6-15-11/h3-4,7,9,11H,2,5-6,8H2,1H3,(H,13,14)/t9-,11+/m1/s1. The van der Waals surface area contributed by atoms with Crippen LogP contribution in [-0.4, -0.2) is 24.7 Å². The Bertz CT molecular complexity index is 331. The number of ether oxygens (including phenoxy) is 1. The zero-order chi connectivity index (χ0) is 11.4. The van der Waals surface area contributed by atoms with E-state index < -0.39 is 0 Å². The van der Waals surface area contributed by atoms with E-state index in [4.69, 9.17) is 4.74 Å². The van der Waals surface area contributed by atoms with Crippen molar-refractivity contribution in [2.45, 2.75) is 38.3 Å². The molecule has 4 heteroatoms. The summed E-state index contributed by atoms with van der Waals surface area (Å²) in [5, 5.41) is 5.06. The van der Waals surface area contributed by atoms with Crippen LogP contribution in [0, 0.1) is 0 Å². The molecule has 0 radical (unpaired) electrons. The van der Waals surface area contributed by atoms with E-state index in [0.29, 0.717) is 0 Å². The van der Waals surface area contributed by atoms with Gasteiger partial charge < -0.3 is 10.1 Å². The first-order valence-electron chi connectivity index (χ1n) is 5.70. The lowest BCUT2D eigenvalue weighted by Gasteiger charge is -2.16. The molecule has 1 fully saturated rings. The molecule has 1 amide bonds. The van der Waals surface area contributed by atoms with E-state index in [1.54, 1.807) is 11.3 Å². The first kappa shape index (κ1) is 11.6. The summed E-state index contributed by atoms with van der Waals surface area (Å²) in [4.78, 5) is 13.1. The fourth-order valence-electron chi connectivity index (χ4n) is 1.90. The summed E-state index contributed by atoms with van der Waals surface area (Å²) in [6.07, 6.45) is 2.54. The SMILES string of the molecule is C[C@H](Cc1cccs1)NC(=O)[C@@H]1CCCO1. The van der Waals surface area contributed by atoms with Gasteiger partial charge in [-0.15, -0.1) is 11.3 Å². The second kappa shape index (κ2) is 5.46. The van der Waals surface area contributed by atoms with E-state index in [2.05, 4.69) is 16.8 Å². The summed E-state index contributed by atoms with van der Waals surface area (Å²) in [7, 11) is 0. The van der Waals surface area contributed by atoms with Gasteiger partial charge in [-0.25, -0.2) is 0 Å². The van der Waals surface area contributed by atoms with Gasteiger partial charge in [0.15, 0.2) is 0 Å². The van der Waals surface area contributed by atoms with Crippen molar-refractivity contribution in [3.05, 3.63) is 22.4 Å². The largest absolute Gasteiger partial charge is 0.368 e. The van der Waals surface area contributed by atoms with Gasteiger partial charge >= 0.3 is 0 Å². The van der Waals surface area contributed by atoms with Gasteiger partial charge in [-0.1, -0.05) is 6.07 Å². The average Bonchev–Trinajstić information content (AvgIpc) is 2.88. The second-order valence-corrected chi connectivity index (χ2v) is 5.23. The van der Waals surface area contributed by atoms with Gasteiger partial charge in [-0.2, -0.15) is 0 Å². The zero-order valence-corrected chi connectivity index (χ0v) is 10.3. The summed E-state index contributed by atoms with van der Waals surface area (Å²) >= 11 is 1.73. The minimum atomic E-state index is -0.217. The smallest absolute Gasteiger partial charge is 0.249 e. The normalized spacial score (nSPS) is 21.9. The molecule has 1 aliphatic rings. The molecule has 3 nitrogen and oxygen atoms in total. The molecule has 88 valence electrons. The molecule has 1 aromatic rings. The van der Waals surface area contributed by atoms with E-state index in [0.717, 1.165) is 25.9 Å². The number of thiophene rings is 1. The maximum atomic E-state index is 11.8. The highest BCUT2D eigenvalue weighted by Crippen LogP contribution is 2.14. The Balaban J connectivity index is 1.78. The summed E-state index contributed by atoms with van der Waals surface area (Å²) in [6, 6.07) is 4.31. The predicted molar refractivity (Wildman–Crippen MR) is 64.6 cm³/mol. The van der Waals surface area contributed by atoms with E-state index in [-0.39, 0.29) is 18.1 Å². The van der Waals surface area contributed by atoms with Crippen LogP contribution in [0.15, 0.2) is 17.5 Å². The lowest BCUT2D eigenvalue weighted by atomic mass is 10.2. The lowest BCUT2D eigenvalue weighted by Crippen LogP contribution is -2.40. The zero-order valence-electron chi connectivity index (χ0n) is 9.44. The van der Waals surface area contributed by atoms with Crippen LogP contribution in [0.5, 0.6) is 0 Å². The molecule has 1 N–H and O–H groups in total.